The number of aliphatic imine (C=N–C) groups is 1. The average molecular weight is 361 g/mol. The summed E-state index contributed by atoms with van der Waals surface area (Å²) < 4.78 is 21.4. The van der Waals surface area contributed by atoms with Gasteiger partial charge in [0.1, 0.15) is 17.6 Å². The van der Waals surface area contributed by atoms with Crippen LogP contribution in [-0.2, 0) is 25.7 Å². The first-order valence-corrected chi connectivity index (χ1v) is 7.77. The Balaban J connectivity index is 2.25. The van der Waals surface area contributed by atoms with Crippen LogP contribution in [0.25, 0.3) is 0 Å². The summed E-state index contributed by atoms with van der Waals surface area (Å²) in [6, 6.07) is 5.14. The Hall–Kier alpha value is -3.09. The predicted octanol–water partition coefficient (Wildman–Crippen LogP) is 1.76. The Morgan fingerprint density at radius 1 is 1.27 bits per heavy atom. The van der Waals surface area contributed by atoms with E-state index in [9.17, 15) is 14.7 Å². The Morgan fingerprint density at radius 2 is 2.00 bits per heavy atom. The van der Waals surface area contributed by atoms with Gasteiger partial charge in [-0.3, -0.25) is 0 Å². The molecule has 0 spiro atoms. The minimum absolute atomic E-state index is 0.0158. The van der Waals surface area contributed by atoms with Gasteiger partial charge in [-0.2, -0.15) is 0 Å². The van der Waals surface area contributed by atoms with Gasteiger partial charge in [-0.15, -0.1) is 0 Å². The van der Waals surface area contributed by atoms with Gasteiger partial charge in [0, 0.05) is 0 Å². The van der Waals surface area contributed by atoms with Crippen LogP contribution in [0.3, 0.4) is 0 Å². The molecular weight excluding hydrogens is 342 g/mol. The van der Waals surface area contributed by atoms with E-state index in [1.807, 2.05) is 0 Å². The van der Waals surface area contributed by atoms with Gasteiger partial charge in [-0.05, 0) is 24.6 Å². The van der Waals surface area contributed by atoms with Gasteiger partial charge in [0.15, 0.2) is 23.0 Å². The number of carboxylic acid groups (broad SMARTS) is 1. The first-order chi connectivity index (χ1) is 12.5. The predicted molar refractivity (Wildman–Crippen MR) is 92.1 cm³/mol. The number of hydrogen-bond donors (Lipinski definition) is 1. The smallest absolute Gasteiger partial charge is 0.353 e. The molecule has 1 N–H and O–H groups in total. The Morgan fingerprint density at radius 3 is 2.58 bits per heavy atom. The van der Waals surface area contributed by atoms with Crippen molar-refractivity contribution in [1.82, 2.24) is 0 Å². The highest BCUT2D eigenvalue weighted by molar-refractivity contribution is 6.39. The Labute approximate surface area is 150 Å². The van der Waals surface area contributed by atoms with Crippen LogP contribution in [0.2, 0.25) is 0 Å². The number of methoxy groups -OCH3 is 2. The van der Waals surface area contributed by atoms with Crippen LogP contribution in [-0.4, -0.2) is 49.7 Å². The van der Waals surface area contributed by atoms with Crippen molar-refractivity contribution in [2.75, 3.05) is 20.8 Å². The van der Waals surface area contributed by atoms with Crippen LogP contribution in [0.15, 0.2) is 40.7 Å². The summed E-state index contributed by atoms with van der Waals surface area (Å²) >= 11 is 0. The minimum atomic E-state index is -1.29. The van der Waals surface area contributed by atoms with Crippen molar-refractivity contribution in [3.8, 4) is 11.5 Å². The van der Waals surface area contributed by atoms with E-state index < -0.39 is 12.1 Å². The van der Waals surface area contributed by atoms with Crippen molar-refractivity contribution in [1.29, 1.82) is 0 Å². The van der Waals surface area contributed by atoms with E-state index in [4.69, 9.17) is 18.9 Å². The summed E-state index contributed by atoms with van der Waals surface area (Å²) in [5.74, 6) is 1.62. The van der Waals surface area contributed by atoms with Crippen LogP contribution >= 0.6 is 0 Å². The van der Waals surface area contributed by atoms with Gasteiger partial charge in [-0.25, -0.2) is 14.6 Å². The molecule has 0 saturated carbocycles. The largest absolute Gasteiger partial charge is 0.493 e. The second-order valence-electron chi connectivity index (χ2n) is 5.14. The molecule has 0 bridgehead atoms. The fourth-order valence-electron chi connectivity index (χ4n) is 2.39. The Bertz CT molecular complexity index is 791. The molecule has 2 rings (SSSR count). The number of hydrogen-bond acceptors (Lipinski definition) is 7. The maximum atomic E-state index is 11.4. The van der Waals surface area contributed by atoms with Gasteiger partial charge >= 0.3 is 5.97 Å². The van der Waals surface area contributed by atoms with Crippen molar-refractivity contribution in [2.45, 2.75) is 19.6 Å². The van der Waals surface area contributed by atoms with E-state index >= 15 is 0 Å². The summed E-state index contributed by atoms with van der Waals surface area (Å²) in [4.78, 5) is 26.6. The van der Waals surface area contributed by atoms with Gasteiger partial charge < -0.3 is 24.1 Å². The third-order valence-corrected chi connectivity index (χ3v) is 3.59. The van der Waals surface area contributed by atoms with Crippen LogP contribution < -0.4 is 9.47 Å². The molecular formula is C18H19NO7. The lowest BCUT2D eigenvalue weighted by molar-refractivity contribution is -0.130. The van der Waals surface area contributed by atoms with Crippen molar-refractivity contribution in [3.63, 3.8) is 0 Å². The summed E-state index contributed by atoms with van der Waals surface area (Å²) in [6.45, 7) is 2.04. The molecule has 1 heterocycles. The van der Waals surface area contributed by atoms with Crippen LogP contribution in [0.5, 0.6) is 11.5 Å². The van der Waals surface area contributed by atoms with Crippen molar-refractivity contribution in [2.24, 2.45) is 4.99 Å². The zero-order valence-electron chi connectivity index (χ0n) is 14.6. The molecule has 0 radical (unpaired) electrons. The molecule has 0 amide bonds. The summed E-state index contributed by atoms with van der Waals surface area (Å²) in [7, 11) is 3.03. The molecule has 1 unspecified atom stereocenters. The maximum absolute atomic E-state index is 11.4. The van der Waals surface area contributed by atoms with Gasteiger partial charge in [0.25, 0.3) is 0 Å². The van der Waals surface area contributed by atoms with E-state index in [0.717, 1.165) is 0 Å². The lowest BCUT2D eigenvalue weighted by atomic mass is 10.0. The quantitative estimate of drug-likeness (QED) is 0.704. The zero-order valence-corrected chi connectivity index (χ0v) is 14.6. The molecule has 8 heteroatoms. The standard InChI is InChI=1S/C18H19NO7/c1-4-25-15-8-19-16(18(21)22)17(12(15)9-20)26-10-11-5-6-13(23-2)14(7-11)24-3/h5-8,17H,4,10H2,1-3H3,(H,21,22). The number of carbonyl (C=O) groups excluding carboxylic acids is 1. The van der Waals surface area contributed by atoms with Crippen LogP contribution in [0.4, 0.5) is 0 Å². The average Bonchev–Trinajstić information content (AvgIpc) is 2.65. The van der Waals surface area contributed by atoms with E-state index in [-0.39, 0.29) is 30.3 Å². The molecule has 138 valence electrons. The molecule has 1 atom stereocenters. The van der Waals surface area contributed by atoms with Gasteiger partial charge in [0.05, 0.1) is 33.6 Å². The van der Waals surface area contributed by atoms with Crippen LogP contribution in [0.1, 0.15) is 12.5 Å². The molecule has 26 heavy (non-hydrogen) atoms. The number of aliphatic carboxylic acids is 1. The van der Waals surface area contributed by atoms with Crippen LogP contribution in [0, 0.1) is 0 Å². The normalized spacial score (nSPS) is 16.3. The number of nitrogens with zero attached hydrogens (tertiary/aromatic N) is 1. The number of benzene rings is 1. The number of carbonyl (C=O) groups is 1. The first kappa shape index (κ1) is 19.2. The summed E-state index contributed by atoms with van der Waals surface area (Å²) in [6.07, 6.45) is -0.00616. The maximum Gasteiger partial charge on any atom is 0.353 e. The lowest BCUT2D eigenvalue weighted by Gasteiger charge is -2.23. The highest BCUT2D eigenvalue weighted by Crippen LogP contribution is 2.29. The van der Waals surface area contributed by atoms with Gasteiger partial charge in [0.2, 0.25) is 0 Å². The second-order valence-corrected chi connectivity index (χ2v) is 5.14. The molecule has 0 saturated heterocycles. The van der Waals surface area contributed by atoms with Crippen molar-refractivity contribution < 1.29 is 33.6 Å². The summed E-state index contributed by atoms with van der Waals surface area (Å²) in [5, 5.41) is 9.33. The molecule has 1 aromatic rings. The fraction of sp³-hybridized carbons (Fsp3) is 0.333. The van der Waals surface area contributed by atoms with E-state index in [0.29, 0.717) is 17.1 Å². The van der Waals surface area contributed by atoms with Crippen molar-refractivity contribution >= 4 is 17.6 Å². The van der Waals surface area contributed by atoms with E-state index in [1.165, 1.54) is 20.4 Å². The number of carboxylic acids is 1. The zero-order chi connectivity index (χ0) is 19.1. The highest BCUT2D eigenvalue weighted by Gasteiger charge is 2.34. The molecule has 8 nitrogen and oxygen atoms in total. The third kappa shape index (κ3) is 4.11. The third-order valence-electron chi connectivity index (χ3n) is 3.59. The molecule has 1 aliphatic heterocycles. The molecule has 0 fully saturated rings. The van der Waals surface area contributed by atoms with Crippen molar-refractivity contribution in [3.05, 3.63) is 41.3 Å². The molecule has 1 aromatic carbocycles. The van der Waals surface area contributed by atoms with E-state index in [1.54, 1.807) is 31.1 Å². The summed E-state index contributed by atoms with van der Waals surface area (Å²) in [5.41, 5.74) is 0.345. The first-order valence-electron chi connectivity index (χ1n) is 7.77. The number of ether oxygens (including phenoxy) is 4. The minimum Gasteiger partial charge on any atom is -0.493 e. The van der Waals surface area contributed by atoms with Gasteiger partial charge in [-0.1, -0.05) is 6.07 Å². The topological polar surface area (TPSA) is 104 Å². The fourth-order valence-corrected chi connectivity index (χ4v) is 2.39. The molecule has 0 aromatic heterocycles. The molecule has 1 aliphatic rings. The monoisotopic (exact) mass is 361 g/mol. The number of rotatable bonds is 8. The van der Waals surface area contributed by atoms with E-state index in [2.05, 4.69) is 4.99 Å². The second kappa shape index (κ2) is 8.84. The highest BCUT2D eigenvalue weighted by atomic mass is 16.5. The lowest BCUT2D eigenvalue weighted by Crippen LogP contribution is -2.35. The Kier molecular flexibility index (Phi) is 6.54. The SMILES string of the molecule is CCOC1=CN=C(C(=O)O)C(OCc2ccc(OC)c(OC)c2)C1=C=O. The molecule has 0 aliphatic carbocycles.